The number of Topliss-reactive ketones (excluding diaryl/α,β-unsaturated/α-hetero) is 1. The Kier molecular flexibility index (Phi) is 7.85. The van der Waals surface area contributed by atoms with Gasteiger partial charge in [-0.05, 0) is 55.0 Å². The number of benzene rings is 2. The summed E-state index contributed by atoms with van der Waals surface area (Å²) in [5, 5.41) is 7.39. The number of nitrogens with one attached hydrogen (secondary N) is 2. The Morgan fingerprint density at radius 3 is 2.49 bits per heavy atom. The first-order valence-electron chi connectivity index (χ1n) is 12.2. The van der Waals surface area contributed by atoms with Crippen LogP contribution in [0.5, 0.6) is 11.5 Å². The fourth-order valence-electron chi connectivity index (χ4n) is 4.12. The van der Waals surface area contributed by atoms with E-state index in [4.69, 9.17) is 9.47 Å². The predicted octanol–water partition coefficient (Wildman–Crippen LogP) is 5.06. The highest BCUT2D eigenvalue weighted by atomic mass is 16.5. The molecular weight excluding hydrogens is 442 g/mol. The second-order valence-corrected chi connectivity index (χ2v) is 8.97. The molecule has 0 atom stereocenters. The van der Waals surface area contributed by atoms with E-state index in [-0.39, 0.29) is 17.7 Å². The molecule has 2 N–H and O–H groups in total. The van der Waals surface area contributed by atoms with E-state index in [1.54, 1.807) is 20.4 Å². The smallest absolute Gasteiger partial charge is 0.255 e. The van der Waals surface area contributed by atoms with E-state index in [0.717, 1.165) is 52.7 Å². The number of hydrogen-bond donors (Lipinski definition) is 2. The molecule has 0 aliphatic heterocycles. The predicted molar refractivity (Wildman–Crippen MR) is 137 cm³/mol. The quantitative estimate of drug-likeness (QED) is 0.381. The monoisotopic (exact) mass is 475 g/mol. The van der Waals surface area contributed by atoms with Gasteiger partial charge < -0.3 is 20.1 Å². The molecule has 0 unspecified atom stereocenters. The van der Waals surface area contributed by atoms with Gasteiger partial charge in [0.25, 0.3) is 5.91 Å². The van der Waals surface area contributed by atoms with Gasteiger partial charge in [-0.3, -0.25) is 14.6 Å². The number of nitrogens with zero attached hydrogens (tertiary/aromatic N) is 1. The number of amides is 1. The normalized spacial score (nSPS) is 12.9. The van der Waals surface area contributed by atoms with Crippen molar-refractivity contribution in [2.75, 3.05) is 19.5 Å². The van der Waals surface area contributed by atoms with Gasteiger partial charge in [-0.1, -0.05) is 19.1 Å². The molecule has 1 aliphatic rings. The van der Waals surface area contributed by atoms with Gasteiger partial charge in [0, 0.05) is 43.1 Å². The molecular formula is C28H33N3O4. The Morgan fingerprint density at radius 2 is 1.83 bits per heavy atom. The zero-order chi connectivity index (χ0) is 24.8. The maximum atomic E-state index is 13.1. The molecule has 0 bridgehead atoms. The summed E-state index contributed by atoms with van der Waals surface area (Å²) in [5.74, 6) is 1.60. The first kappa shape index (κ1) is 24.5. The van der Waals surface area contributed by atoms with Gasteiger partial charge in [0.05, 0.1) is 31.0 Å². The number of carbonyl (C=O) groups excluding carboxylic acids is 2. The van der Waals surface area contributed by atoms with Crippen molar-refractivity contribution < 1.29 is 19.1 Å². The zero-order valence-electron chi connectivity index (χ0n) is 20.6. The van der Waals surface area contributed by atoms with Crippen molar-refractivity contribution >= 4 is 28.3 Å². The van der Waals surface area contributed by atoms with Crippen LogP contribution in [0.1, 0.15) is 60.5 Å². The average molecular weight is 476 g/mol. The molecule has 1 fully saturated rings. The van der Waals surface area contributed by atoms with E-state index in [1.165, 1.54) is 0 Å². The summed E-state index contributed by atoms with van der Waals surface area (Å²) in [4.78, 5) is 29.8. The number of fused-ring (bicyclic) bond motifs is 1. The minimum Gasteiger partial charge on any atom is -0.497 e. The van der Waals surface area contributed by atoms with Gasteiger partial charge in [-0.15, -0.1) is 0 Å². The maximum absolute atomic E-state index is 13.1. The fourth-order valence-corrected chi connectivity index (χ4v) is 4.12. The second-order valence-electron chi connectivity index (χ2n) is 8.97. The SMILES string of the molecule is CCCC(=O)CCc1cc2c(NCc3ccc(OC)cc3)c(C(=O)NC3CC3)cnc2cc1OC. The lowest BCUT2D eigenvalue weighted by molar-refractivity contribution is -0.119. The van der Waals surface area contributed by atoms with E-state index in [0.29, 0.717) is 37.1 Å². The molecule has 7 heteroatoms. The van der Waals surface area contributed by atoms with E-state index in [9.17, 15) is 9.59 Å². The van der Waals surface area contributed by atoms with E-state index >= 15 is 0 Å². The summed E-state index contributed by atoms with van der Waals surface area (Å²) in [6.07, 6.45) is 6.10. The standard InChI is InChI=1S/C28H33N3O4/c1-4-5-21(32)11-8-19-14-23-25(15-26(19)35-3)29-17-24(28(33)31-20-9-10-20)27(23)30-16-18-6-12-22(34-2)13-7-18/h6-7,12-15,17,20H,4-5,8-11,16H2,1-3H3,(H,29,30)(H,31,33). The molecule has 3 aromatic rings. The highest BCUT2D eigenvalue weighted by molar-refractivity contribution is 6.07. The van der Waals surface area contributed by atoms with Crippen LogP contribution >= 0.6 is 0 Å². The number of hydrogen-bond acceptors (Lipinski definition) is 6. The number of ether oxygens (including phenoxy) is 2. The van der Waals surface area contributed by atoms with Crippen molar-refractivity contribution in [1.82, 2.24) is 10.3 Å². The van der Waals surface area contributed by atoms with Crippen LogP contribution in [-0.4, -0.2) is 36.9 Å². The Labute approximate surface area is 206 Å². The van der Waals surface area contributed by atoms with Gasteiger partial charge >= 0.3 is 0 Å². The third-order valence-corrected chi connectivity index (χ3v) is 6.26. The Bertz CT molecular complexity index is 1200. The Balaban J connectivity index is 1.70. The van der Waals surface area contributed by atoms with Crippen LogP contribution in [0.25, 0.3) is 10.9 Å². The largest absolute Gasteiger partial charge is 0.497 e. The van der Waals surface area contributed by atoms with Crippen molar-refractivity contribution in [1.29, 1.82) is 0 Å². The summed E-state index contributed by atoms with van der Waals surface area (Å²) in [6.45, 7) is 2.54. The van der Waals surface area contributed by atoms with Crippen LogP contribution in [0.15, 0.2) is 42.6 Å². The van der Waals surface area contributed by atoms with Gasteiger partial charge in [0.2, 0.25) is 0 Å². The number of carbonyl (C=O) groups is 2. The Morgan fingerprint density at radius 1 is 1.06 bits per heavy atom. The van der Waals surface area contributed by atoms with E-state index in [2.05, 4.69) is 15.6 Å². The van der Waals surface area contributed by atoms with E-state index < -0.39 is 0 Å². The van der Waals surface area contributed by atoms with Gasteiger partial charge in [-0.25, -0.2) is 0 Å². The van der Waals surface area contributed by atoms with Crippen LogP contribution in [0, 0.1) is 0 Å². The fraction of sp³-hybridized carbons (Fsp3) is 0.393. The van der Waals surface area contributed by atoms with Gasteiger partial charge in [-0.2, -0.15) is 0 Å². The van der Waals surface area contributed by atoms with Crippen molar-refractivity contribution in [3.05, 3.63) is 59.3 Å². The summed E-state index contributed by atoms with van der Waals surface area (Å²) in [5.41, 5.74) is 3.95. The summed E-state index contributed by atoms with van der Waals surface area (Å²) < 4.78 is 10.9. The number of rotatable bonds is 12. The molecule has 0 radical (unpaired) electrons. The molecule has 1 heterocycles. The minimum atomic E-state index is -0.130. The highest BCUT2D eigenvalue weighted by Crippen LogP contribution is 2.33. The molecule has 1 aromatic heterocycles. The number of aromatic nitrogens is 1. The highest BCUT2D eigenvalue weighted by Gasteiger charge is 2.26. The lowest BCUT2D eigenvalue weighted by Gasteiger charge is -2.17. The number of anilines is 1. The molecule has 0 spiro atoms. The summed E-state index contributed by atoms with van der Waals surface area (Å²) >= 11 is 0. The molecule has 35 heavy (non-hydrogen) atoms. The molecule has 4 rings (SSSR count). The summed E-state index contributed by atoms with van der Waals surface area (Å²) in [6, 6.07) is 11.9. The third-order valence-electron chi connectivity index (χ3n) is 6.26. The van der Waals surface area contributed by atoms with E-state index in [1.807, 2.05) is 43.3 Å². The first-order valence-corrected chi connectivity index (χ1v) is 12.2. The van der Waals surface area contributed by atoms with Crippen LogP contribution in [0.2, 0.25) is 0 Å². The number of pyridine rings is 1. The lowest BCUT2D eigenvalue weighted by atomic mass is 10.00. The average Bonchev–Trinajstić information content (AvgIpc) is 3.69. The van der Waals surface area contributed by atoms with Crippen LogP contribution in [0.4, 0.5) is 5.69 Å². The minimum absolute atomic E-state index is 0.130. The van der Waals surface area contributed by atoms with Crippen molar-refractivity contribution in [2.24, 2.45) is 0 Å². The molecule has 7 nitrogen and oxygen atoms in total. The Hall–Kier alpha value is -3.61. The third kappa shape index (κ3) is 6.10. The lowest BCUT2D eigenvalue weighted by Crippen LogP contribution is -2.26. The summed E-state index contributed by atoms with van der Waals surface area (Å²) in [7, 11) is 3.27. The molecule has 1 aliphatic carbocycles. The molecule has 2 aromatic carbocycles. The first-order chi connectivity index (χ1) is 17.0. The van der Waals surface area contributed by atoms with Gasteiger partial charge in [0.15, 0.2) is 0 Å². The second kappa shape index (κ2) is 11.2. The van der Waals surface area contributed by atoms with Crippen molar-refractivity contribution in [3.63, 3.8) is 0 Å². The number of aryl methyl sites for hydroxylation is 1. The maximum Gasteiger partial charge on any atom is 0.255 e. The topological polar surface area (TPSA) is 89.5 Å². The molecule has 0 saturated heterocycles. The van der Waals surface area contributed by atoms with Crippen LogP contribution < -0.4 is 20.1 Å². The van der Waals surface area contributed by atoms with Gasteiger partial charge in [0.1, 0.15) is 17.3 Å². The molecule has 1 amide bonds. The molecule has 1 saturated carbocycles. The number of ketones is 1. The van der Waals surface area contributed by atoms with Crippen molar-refractivity contribution in [2.45, 2.75) is 58.0 Å². The molecule has 184 valence electrons. The van der Waals surface area contributed by atoms with Crippen molar-refractivity contribution in [3.8, 4) is 11.5 Å². The number of methoxy groups -OCH3 is 2. The zero-order valence-corrected chi connectivity index (χ0v) is 20.6. The van der Waals surface area contributed by atoms with Crippen LogP contribution in [-0.2, 0) is 17.8 Å². The van der Waals surface area contributed by atoms with Crippen LogP contribution in [0.3, 0.4) is 0 Å².